The number of aryl methyl sites for hydroxylation is 2. The van der Waals surface area contributed by atoms with Gasteiger partial charge in [-0.05, 0) is 44.7 Å². The van der Waals surface area contributed by atoms with Gasteiger partial charge in [0, 0.05) is 18.1 Å². The van der Waals surface area contributed by atoms with E-state index in [0.29, 0.717) is 0 Å². The van der Waals surface area contributed by atoms with Gasteiger partial charge in [0.25, 0.3) is 0 Å². The van der Waals surface area contributed by atoms with Crippen molar-refractivity contribution in [3.63, 3.8) is 0 Å². The van der Waals surface area contributed by atoms with Crippen LogP contribution in [0.3, 0.4) is 0 Å². The van der Waals surface area contributed by atoms with Crippen LogP contribution in [0.4, 0.5) is 0 Å². The maximum Gasteiger partial charge on any atom is 0.0185 e. The summed E-state index contributed by atoms with van der Waals surface area (Å²) in [7, 11) is 0. The first-order valence-corrected chi connectivity index (χ1v) is 8.75. The molecule has 0 saturated heterocycles. The highest BCUT2D eigenvalue weighted by Gasteiger charge is 2.13. The Kier molecular flexibility index (Phi) is 6.25. The third kappa shape index (κ3) is 5.58. The Hall–Kier alpha value is -0.470. The Morgan fingerprint density at radius 2 is 1.79 bits per heavy atom. The second kappa shape index (κ2) is 7.96. The van der Waals surface area contributed by atoms with Crippen LogP contribution >= 0.6 is 11.8 Å². The minimum absolute atomic E-state index is 0.962. The molecule has 0 heterocycles. The van der Waals surface area contributed by atoms with Crippen molar-refractivity contribution in [2.45, 2.75) is 45.3 Å². The molecule has 1 aromatic rings. The summed E-state index contributed by atoms with van der Waals surface area (Å²) in [5, 5.41) is 3.62. The average Bonchev–Trinajstić information content (AvgIpc) is 2.85. The molecule has 0 spiro atoms. The molecule has 1 saturated carbocycles. The van der Waals surface area contributed by atoms with Crippen LogP contribution in [-0.2, 0) is 5.75 Å². The zero-order valence-electron chi connectivity index (χ0n) is 12.4. The first kappa shape index (κ1) is 14.9. The summed E-state index contributed by atoms with van der Waals surface area (Å²) in [6.45, 7) is 6.77. The Labute approximate surface area is 122 Å². The third-order valence-electron chi connectivity index (χ3n) is 3.88. The summed E-state index contributed by atoms with van der Waals surface area (Å²) in [4.78, 5) is 0. The number of nitrogens with one attached hydrogen (secondary N) is 1. The van der Waals surface area contributed by atoms with Gasteiger partial charge in [-0.25, -0.2) is 0 Å². The van der Waals surface area contributed by atoms with Gasteiger partial charge in [-0.15, -0.1) is 0 Å². The van der Waals surface area contributed by atoms with Gasteiger partial charge in [0.05, 0.1) is 0 Å². The second-order valence-corrected chi connectivity index (χ2v) is 7.01. The van der Waals surface area contributed by atoms with Crippen molar-refractivity contribution in [2.75, 3.05) is 18.8 Å². The van der Waals surface area contributed by atoms with Crippen molar-refractivity contribution in [3.8, 4) is 0 Å². The summed E-state index contributed by atoms with van der Waals surface area (Å²) in [5.74, 6) is 3.33. The van der Waals surface area contributed by atoms with E-state index in [4.69, 9.17) is 0 Å². The fourth-order valence-electron chi connectivity index (χ4n) is 3.01. The molecule has 106 valence electrons. The van der Waals surface area contributed by atoms with Gasteiger partial charge < -0.3 is 5.32 Å². The molecule has 0 bridgehead atoms. The summed E-state index contributed by atoms with van der Waals surface area (Å²) >= 11 is 2.04. The van der Waals surface area contributed by atoms with E-state index in [1.54, 1.807) is 0 Å². The van der Waals surface area contributed by atoms with Crippen molar-refractivity contribution in [1.82, 2.24) is 5.32 Å². The van der Waals surface area contributed by atoms with Crippen molar-refractivity contribution < 1.29 is 0 Å². The number of hydrogen-bond acceptors (Lipinski definition) is 2. The number of thioether (sulfide) groups is 1. The molecule has 1 fully saturated rings. The molecule has 2 rings (SSSR count). The summed E-state index contributed by atoms with van der Waals surface area (Å²) < 4.78 is 0. The smallest absolute Gasteiger partial charge is 0.0185 e. The van der Waals surface area contributed by atoms with E-state index in [9.17, 15) is 0 Å². The van der Waals surface area contributed by atoms with E-state index in [1.807, 2.05) is 11.8 Å². The highest BCUT2D eigenvalue weighted by atomic mass is 32.2. The Balaban J connectivity index is 1.56. The van der Waals surface area contributed by atoms with Crippen molar-refractivity contribution in [1.29, 1.82) is 0 Å². The Morgan fingerprint density at radius 3 is 2.47 bits per heavy atom. The summed E-state index contributed by atoms with van der Waals surface area (Å²) in [6, 6.07) is 6.87. The van der Waals surface area contributed by atoms with E-state index in [1.165, 1.54) is 54.7 Å². The monoisotopic (exact) mass is 277 g/mol. The van der Waals surface area contributed by atoms with Crippen LogP contribution in [0.5, 0.6) is 0 Å². The van der Waals surface area contributed by atoms with Crippen molar-refractivity contribution >= 4 is 11.8 Å². The van der Waals surface area contributed by atoms with Gasteiger partial charge in [0.1, 0.15) is 0 Å². The molecule has 0 aliphatic heterocycles. The zero-order chi connectivity index (χ0) is 13.5. The van der Waals surface area contributed by atoms with Gasteiger partial charge >= 0.3 is 0 Å². The lowest BCUT2D eigenvalue weighted by Gasteiger charge is -2.10. The highest BCUT2D eigenvalue weighted by Crippen LogP contribution is 2.23. The van der Waals surface area contributed by atoms with E-state index in [-0.39, 0.29) is 0 Å². The fraction of sp³-hybridized carbons (Fsp3) is 0.647. The molecule has 0 aromatic heterocycles. The van der Waals surface area contributed by atoms with Crippen molar-refractivity contribution in [2.24, 2.45) is 5.92 Å². The van der Waals surface area contributed by atoms with Gasteiger partial charge in [0.15, 0.2) is 0 Å². The van der Waals surface area contributed by atoms with Crippen LogP contribution < -0.4 is 5.32 Å². The van der Waals surface area contributed by atoms with Gasteiger partial charge in [0.2, 0.25) is 0 Å². The quantitative estimate of drug-likeness (QED) is 0.745. The van der Waals surface area contributed by atoms with Crippen molar-refractivity contribution in [3.05, 3.63) is 34.9 Å². The first-order valence-electron chi connectivity index (χ1n) is 7.59. The van der Waals surface area contributed by atoms with Crippen LogP contribution in [0, 0.1) is 19.8 Å². The second-order valence-electron chi connectivity index (χ2n) is 5.90. The lowest BCUT2D eigenvalue weighted by Crippen LogP contribution is -2.23. The molecule has 0 radical (unpaired) electrons. The molecule has 1 N–H and O–H groups in total. The number of hydrogen-bond donors (Lipinski definition) is 1. The van der Waals surface area contributed by atoms with Gasteiger partial charge in [-0.3, -0.25) is 0 Å². The molecular formula is C17H27NS. The first-order chi connectivity index (χ1) is 9.24. The largest absolute Gasteiger partial charge is 0.316 e. The van der Waals surface area contributed by atoms with Crippen LogP contribution in [0.15, 0.2) is 18.2 Å². The molecule has 0 unspecified atom stereocenters. The molecule has 1 aliphatic carbocycles. The van der Waals surface area contributed by atoms with E-state index >= 15 is 0 Å². The third-order valence-corrected chi connectivity index (χ3v) is 4.91. The Morgan fingerprint density at radius 1 is 1.11 bits per heavy atom. The minimum Gasteiger partial charge on any atom is -0.316 e. The van der Waals surface area contributed by atoms with Gasteiger partial charge in [-0.1, -0.05) is 42.2 Å². The van der Waals surface area contributed by atoms with E-state index < -0.39 is 0 Å². The van der Waals surface area contributed by atoms with E-state index in [2.05, 4.69) is 37.4 Å². The molecule has 19 heavy (non-hydrogen) atoms. The Bertz CT molecular complexity index is 363. The number of rotatable bonds is 7. The zero-order valence-corrected chi connectivity index (χ0v) is 13.2. The van der Waals surface area contributed by atoms with Crippen LogP contribution in [-0.4, -0.2) is 18.8 Å². The average molecular weight is 277 g/mol. The predicted octanol–water partition coefficient (Wildman–Crippen LogP) is 4.32. The van der Waals surface area contributed by atoms with Gasteiger partial charge in [-0.2, -0.15) is 11.8 Å². The molecular weight excluding hydrogens is 250 g/mol. The standard InChI is InChI=1S/C17H27NS/c1-14-9-15(2)11-17(10-14)13-19-8-7-18-12-16-5-3-4-6-16/h9-11,16,18H,3-8,12-13H2,1-2H3. The number of benzene rings is 1. The topological polar surface area (TPSA) is 12.0 Å². The predicted molar refractivity (Wildman–Crippen MR) is 86.9 cm³/mol. The molecule has 0 amide bonds. The fourth-order valence-corrected chi connectivity index (χ4v) is 3.84. The molecule has 0 atom stereocenters. The van der Waals surface area contributed by atoms with Crippen LogP contribution in [0.25, 0.3) is 0 Å². The molecule has 2 heteroatoms. The normalized spacial score (nSPS) is 16.1. The lowest BCUT2D eigenvalue weighted by atomic mass is 10.1. The lowest BCUT2D eigenvalue weighted by molar-refractivity contribution is 0.500. The molecule has 1 aromatic carbocycles. The molecule has 1 aliphatic rings. The SMILES string of the molecule is Cc1cc(C)cc(CSCCNCC2CCCC2)c1. The minimum atomic E-state index is 0.962. The molecule has 1 nitrogen and oxygen atoms in total. The maximum atomic E-state index is 3.62. The summed E-state index contributed by atoms with van der Waals surface area (Å²) in [6.07, 6.45) is 5.80. The summed E-state index contributed by atoms with van der Waals surface area (Å²) in [5.41, 5.74) is 4.24. The highest BCUT2D eigenvalue weighted by molar-refractivity contribution is 7.98. The maximum absolute atomic E-state index is 3.62. The van der Waals surface area contributed by atoms with E-state index in [0.717, 1.165) is 18.2 Å². The van der Waals surface area contributed by atoms with Crippen LogP contribution in [0.1, 0.15) is 42.4 Å². The van der Waals surface area contributed by atoms with Crippen LogP contribution in [0.2, 0.25) is 0 Å².